The van der Waals surface area contributed by atoms with Crippen molar-refractivity contribution >= 4 is 5.91 Å². The summed E-state index contributed by atoms with van der Waals surface area (Å²) in [5, 5.41) is 12.1. The fraction of sp³-hybridized carbons (Fsp3) is 0.889. The van der Waals surface area contributed by atoms with Gasteiger partial charge in [-0.05, 0) is 13.8 Å². The van der Waals surface area contributed by atoms with Crippen molar-refractivity contribution in [2.45, 2.75) is 25.4 Å². The second-order valence-electron chi connectivity index (χ2n) is 4.31. The Hall–Kier alpha value is -0.650. The van der Waals surface area contributed by atoms with Crippen LogP contribution in [0.4, 0.5) is 0 Å². The molecule has 1 unspecified atom stereocenters. The fourth-order valence-electron chi connectivity index (χ4n) is 1.54. The number of aliphatic hydroxyl groups excluding tert-OH is 1. The predicted molar refractivity (Wildman–Crippen MR) is 53.7 cm³/mol. The lowest BCUT2D eigenvalue weighted by Crippen LogP contribution is -2.59. The molecule has 0 bridgehead atoms. The van der Waals surface area contributed by atoms with Crippen molar-refractivity contribution in [3.8, 4) is 0 Å². The van der Waals surface area contributed by atoms with Crippen LogP contribution in [0.3, 0.4) is 0 Å². The highest BCUT2D eigenvalue weighted by atomic mass is 16.3. The second kappa shape index (κ2) is 4.25. The first kappa shape index (κ1) is 11.4. The summed E-state index contributed by atoms with van der Waals surface area (Å²) in [6, 6.07) is -0.0185. The molecule has 82 valence electrons. The normalized spacial score (nSPS) is 23.7. The van der Waals surface area contributed by atoms with Crippen LogP contribution in [0.25, 0.3) is 0 Å². The number of nitrogens with zero attached hydrogens (tertiary/aromatic N) is 1. The van der Waals surface area contributed by atoms with Crippen LogP contribution in [0.1, 0.15) is 13.8 Å². The SMILES string of the molecule is CC(C)(N)C(=O)N1CCNC(CO)C1. The summed E-state index contributed by atoms with van der Waals surface area (Å²) in [5.74, 6) is -0.0579. The van der Waals surface area contributed by atoms with E-state index in [4.69, 9.17) is 10.8 Å². The minimum atomic E-state index is -0.822. The van der Waals surface area contributed by atoms with E-state index < -0.39 is 5.54 Å². The number of carbonyl (C=O) groups is 1. The van der Waals surface area contributed by atoms with Crippen molar-refractivity contribution in [3.05, 3.63) is 0 Å². The van der Waals surface area contributed by atoms with E-state index in [0.29, 0.717) is 19.6 Å². The molecule has 5 nitrogen and oxygen atoms in total. The Kier molecular flexibility index (Phi) is 3.47. The molecule has 1 aliphatic rings. The van der Waals surface area contributed by atoms with Crippen molar-refractivity contribution < 1.29 is 9.90 Å². The zero-order valence-electron chi connectivity index (χ0n) is 8.79. The van der Waals surface area contributed by atoms with Crippen LogP contribution in [0.15, 0.2) is 0 Å². The first-order valence-corrected chi connectivity index (χ1v) is 4.87. The maximum absolute atomic E-state index is 11.8. The van der Waals surface area contributed by atoms with Gasteiger partial charge in [0.25, 0.3) is 0 Å². The van der Waals surface area contributed by atoms with Crippen LogP contribution in [0.5, 0.6) is 0 Å². The number of rotatable bonds is 2. The number of piperazine rings is 1. The number of aliphatic hydroxyl groups is 1. The molecule has 0 spiro atoms. The van der Waals surface area contributed by atoms with Crippen LogP contribution in [-0.4, -0.2) is 53.7 Å². The molecule has 1 aliphatic heterocycles. The van der Waals surface area contributed by atoms with Gasteiger partial charge in [-0.2, -0.15) is 0 Å². The van der Waals surface area contributed by atoms with Crippen LogP contribution < -0.4 is 11.1 Å². The lowest BCUT2D eigenvalue weighted by atomic mass is 10.0. The summed E-state index contributed by atoms with van der Waals surface area (Å²) >= 11 is 0. The monoisotopic (exact) mass is 201 g/mol. The molecule has 14 heavy (non-hydrogen) atoms. The van der Waals surface area contributed by atoms with E-state index in [1.54, 1.807) is 18.7 Å². The number of hydrogen-bond acceptors (Lipinski definition) is 4. The largest absolute Gasteiger partial charge is 0.395 e. The molecule has 5 heteroatoms. The molecule has 0 aromatic carbocycles. The third kappa shape index (κ3) is 2.67. The zero-order valence-corrected chi connectivity index (χ0v) is 8.79. The van der Waals surface area contributed by atoms with Gasteiger partial charge in [0.2, 0.25) is 5.91 Å². The molecule has 0 aliphatic carbocycles. The Bertz CT molecular complexity index is 213. The third-order valence-corrected chi connectivity index (χ3v) is 2.31. The van der Waals surface area contributed by atoms with E-state index in [2.05, 4.69) is 5.32 Å². The molecule has 1 saturated heterocycles. The van der Waals surface area contributed by atoms with E-state index >= 15 is 0 Å². The first-order valence-electron chi connectivity index (χ1n) is 4.87. The standard InChI is InChI=1S/C9H19N3O2/c1-9(2,10)8(14)12-4-3-11-7(5-12)6-13/h7,11,13H,3-6,10H2,1-2H3. The molecule has 1 heterocycles. The summed E-state index contributed by atoms with van der Waals surface area (Å²) in [4.78, 5) is 13.5. The Balaban J connectivity index is 2.56. The molecule has 1 fully saturated rings. The van der Waals surface area contributed by atoms with Gasteiger partial charge in [0.15, 0.2) is 0 Å². The van der Waals surface area contributed by atoms with Crippen molar-refractivity contribution in [2.75, 3.05) is 26.2 Å². The molecular weight excluding hydrogens is 182 g/mol. The smallest absolute Gasteiger partial charge is 0.242 e. The molecule has 4 N–H and O–H groups in total. The van der Waals surface area contributed by atoms with Gasteiger partial charge in [0.1, 0.15) is 0 Å². The van der Waals surface area contributed by atoms with E-state index in [1.165, 1.54) is 0 Å². The number of amides is 1. The topological polar surface area (TPSA) is 78.6 Å². The van der Waals surface area contributed by atoms with Crippen molar-refractivity contribution in [2.24, 2.45) is 5.73 Å². The van der Waals surface area contributed by atoms with Crippen LogP contribution in [0.2, 0.25) is 0 Å². The summed E-state index contributed by atoms with van der Waals surface area (Å²) in [7, 11) is 0. The third-order valence-electron chi connectivity index (χ3n) is 2.31. The summed E-state index contributed by atoms with van der Waals surface area (Å²) in [6.45, 7) is 5.37. The van der Waals surface area contributed by atoms with Gasteiger partial charge in [-0.25, -0.2) is 0 Å². The molecule has 0 radical (unpaired) electrons. The van der Waals surface area contributed by atoms with E-state index in [9.17, 15) is 4.79 Å². The highest BCUT2D eigenvalue weighted by Gasteiger charge is 2.30. The summed E-state index contributed by atoms with van der Waals surface area (Å²) in [5.41, 5.74) is 4.90. The Morgan fingerprint density at radius 3 is 2.86 bits per heavy atom. The molecule has 1 amide bonds. The fourth-order valence-corrected chi connectivity index (χ4v) is 1.54. The quantitative estimate of drug-likeness (QED) is 0.509. The summed E-state index contributed by atoms with van der Waals surface area (Å²) < 4.78 is 0. The zero-order chi connectivity index (χ0) is 10.8. The molecule has 1 rings (SSSR count). The maximum atomic E-state index is 11.8. The van der Waals surface area contributed by atoms with Gasteiger partial charge in [0.05, 0.1) is 12.1 Å². The van der Waals surface area contributed by atoms with Gasteiger partial charge in [-0.1, -0.05) is 0 Å². The number of hydrogen-bond donors (Lipinski definition) is 3. The lowest BCUT2D eigenvalue weighted by molar-refractivity contribution is -0.137. The lowest BCUT2D eigenvalue weighted by Gasteiger charge is -2.36. The minimum Gasteiger partial charge on any atom is -0.395 e. The highest BCUT2D eigenvalue weighted by molar-refractivity contribution is 5.85. The minimum absolute atomic E-state index is 0.0185. The van der Waals surface area contributed by atoms with Gasteiger partial charge in [-0.15, -0.1) is 0 Å². The average Bonchev–Trinajstić information content (AvgIpc) is 2.15. The van der Waals surface area contributed by atoms with E-state index in [1.807, 2.05) is 0 Å². The Labute approximate surface area is 84.3 Å². The van der Waals surface area contributed by atoms with E-state index in [-0.39, 0.29) is 18.6 Å². The van der Waals surface area contributed by atoms with Gasteiger partial charge in [-0.3, -0.25) is 4.79 Å². The molecular formula is C9H19N3O2. The highest BCUT2D eigenvalue weighted by Crippen LogP contribution is 2.07. The predicted octanol–water partition coefficient (Wildman–Crippen LogP) is -1.48. The van der Waals surface area contributed by atoms with Gasteiger partial charge >= 0.3 is 0 Å². The molecule has 1 atom stereocenters. The van der Waals surface area contributed by atoms with Crippen LogP contribution >= 0.6 is 0 Å². The number of carbonyl (C=O) groups excluding carboxylic acids is 1. The van der Waals surface area contributed by atoms with Crippen molar-refractivity contribution in [1.29, 1.82) is 0 Å². The van der Waals surface area contributed by atoms with Crippen molar-refractivity contribution in [1.82, 2.24) is 10.2 Å². The molecule has 0 aromatic heterocycles. The average molecular weight is 201 g/mol. The second-order valence-corrected chi connectivity index (χ2v) is 4.31. The Morgan fingerprint density at radius 2 is 2.36 bits per heavy atom. The van der Waals surface area contributed by atoms with Crippen molar-refractivity contribution in [3.63, 3.8) is 0 Å². The molecule has 0 aromatic rings. The van der Waals surface area contributed by atoms with Crippen LogP contribution in [-0.2, 0) is 4.79 Å². The van der Waals surface area contributed by atoms with Gasteiger partial charge in [0, 0.05) is 25.7 Å². The Morgan fingerprint density at radius 1 is 1.71 bits per heavy atom. The summed E-state index contributed by atoms with van der Waals surface area (Å²) in [6.07, 6.45) is 0. The first-order chi connectivity index (χ1) is 6.45. The van der Waals surface area contributed by atoms with E-state index in [0.717, 1.165) is 0 Å². The number of nitrogens with one attached hydrogen (secondary N) is 1. The number of nitrogens with two attached hydrogens (primary N) is 1. The van der Waals surface area contributed by atoms with Crippen LogP contribution in [0, 0.1) is 0 Å². The van der Waals surface area contributed by atoms with Gasteiger partial charge < -0.3 is 21.1 Å². The molecule has 0 saturated carbocycles. The maximum Gasteiger partial charge on any atom is 0.242 e.